The molecule has 1 aliphatic carbocycles. The van der Waals surface area contributed by atoms with Gasteiger partial charge in [-0.05, 0) is 44.8 Å². The molecule has 0 aromatic carbocycles. The van der Waals surface area contributed by atoms with Crippen LogP contribution in [0.3, 0.4) is 0 Å². The largest absolute Gasteiger partial charge is 0.320 e. The van der Waals surface area contributed by atoms with Crippen molar-refractivity contribution in [3.8, 4) is 6.07 Å². The van der Waals surface area contributed by atoms with Crippen LogP contribution in [-0.2, 0) is 0 Å². The Morgan fingerprint density at radius 1 is 1.16 bits per heavy atom. The van der Waals surface area contributed by atoms with Gasteiger partial charge in [-0.25, -0.2) is 9.67 Å². The predicted octanol–water partition coefficient (Wildman–Crippen LogP) is 3.30. The first-order valence-electron chi connectivity index (χ1n) is 10.7. The number of hydrogen-bond acceptors (Lipinski definition) is 7. The maximum Gasteiger partial charge on any atom is 0.270 e. The number of nitrogens with zero attached hydrogens (tertiary/aromatic N) is 6. The van der Waals surface area contributed by atoms with E-state index in [0.29, 0.717) is 27.8 Å². The molecule has 160 valence electrons. The molecule has 3 aromatic heterocycles. The number of anilines is 2. The lowest BCUT2D eigenvalue weighted by Gasteiger charge is -2.23. The van der Waals surface area contributed by atoms with Crippen molar-refractivity contribution < 1.29 is 0 Å². The minimum atomic E-state index is -0.289. The smallest absolute Gasteiger partial charge is 0.270 e. The van der Waals surface area contributed by atoms with Crippen molar-refractivity contribution in [3.63, 3.8) is 0 Å². The Morgan fingerprint density at radius 3 is 2.68 bits per heavy atom. The van der Waals surface area contributed by atoms with Crippen molar-refractivity contribution in [2.75, 3.05) is 18.4 Å². The molecule has 2 fully saturated rings. The van der Waals surface area contributed by atoms with E-state index >= 15 is 0 Å². The highest BCUT2D eigenvalue weighted by molar-refractivity contribution is 6.32. The molecule has 0 amide bonds. The molecule has 5 rings (SSSR count). The topological polar surface area (TPSA) is 113 Å². The van der Waals surface area contributed by atoms with E-state index in [1.54, 1.807) is 23.0 Å². The molecule has 0 spiro atoms. The van der Waals surface area contributed by atoms with E-state index in [1.807, 2.05) is 10.8 Å². The second-order valence-electron chi connectivity index (χ2n) is 8.16. The number of hydrogen-bond donors (Lipinski definition) is 2. The number of halogens is 1. The molecule has 4 heterocycles. The molecule has 0 radical (unpaired) electrons. The molecule has 9 nitrogen and oxygen atoms in total. The average Bonchev–Trinajstić information content (AvgIpc) is 3.44. The number of piperidine rings is 1. The molecular formula is C21H23ClN8O. The van der Waals surface area contributed by atoms with Gasteiger partial charge < -0.3 is 10.6 Å². The lowest BCUT2D eigenvalue weighted by atomic mass is 10.1. The second kappa shape index (κ2) is 8.29. The van der Waals surface area contributed by atoms with E-state index in [-0.39, 0.29) is 23.2 Å². The van der Waals surface area contributed by atoms with E-state index in [1.165, 1.54) is 0 Å². The summed E-state index contributed by atoms with van der Waals surface area (Å²) in [6, 6.07) is 3.89. The summed E-state index contributed by atoms with van der Waals surface area (Å²) in [5, 5.41) is 21.5. The first-order chi connectivity index (χ1) is 15.2. The Bertz CT molecular complexity index is 1210. The van der Waals surface area contributed by atoms with Crippen LogP contribution in [0.2, 0.25) is 5.15 Å². The molecule has 31 heavy (non-hydrogen) atoms. The zero-order valence-corrected chi connectivity index (χ0v) is 17.8. The molecule has 2 aliphatic rings. The summed E-state index contributed by atoms with van der Waals surface area (Å²) < 4.78 is 3.52. The maximum atomic E-state index is 12.9. The quantitative estimate of drug-likeness (QED) is 0.642. The van der Waals surface area contributed by atoms with Gasteiger partial charge >= 0.3 is 0 Å². The van der Waals surface area contributed by atoms with Crippen molar-refractivity contribution in [1.29, 1.82) is 5.26 Å². The highest BCUT2D eigenvalue weighted by atomic mass is 35.5. The SMILES string of the molecule is N#Cc1cc2cnc(Nc3cnn(C4CCNCC4)c3Cl)nc2n(C2CCCC2)c1=O. The van der Waals surface area contributed by atoms with Crippen LogP contribution in [0.15, 0.2) is 23.3 Å². The van der Waals surface area contributed by atoms with Crippen LogP contribution in [0, 0.1) is 11.3 Å². The number of pyridine rings is 1. The fraction of sp³-hybridized carbons (Fsp3) is 0.476. The highest BCUT2D eigenvalue weighted by Gasteiger charge is 2.24. The third-order valence-electron chi connectivity index (χ3n) is 6.22. The van der Waals surface area contributed by atoms with Gasteiger partial charge in [0, 0.05) is 17.6 Å². The number of nitrogens with one attached hydrogen (secondary N) is 2. The molecule has 0 bridgehead atoms. The summed E-state index contributed by atoms with van der Waals surface area (Å²) in [5.74, 6) is 0.343. The van der Waals surface area contributed by atoms with Gasteiger partial charge in [0.1, 0.15) is 17.3 Å². The first-order valence-corrected chi connectivity index (χ1v) is 11.1. The Morgan fingerprint density at radius 2 is 1.94 bits per heavy atom. The molecule has 10 heteroatoms. The molecule has 2 N–H and O–H groups in total. The summed E-state index contributed by atoms with van der Waals surface area (Å²) in [5.41, 5.74) is 0.997. The summed E-state index contributed by atoms with van der Waals surface area (Å²) in [6.45, 7) is 1.89. The van der Waals surface area contributed by atoms with Gasteiger partial charge in [-0.1, -0.05) is 24.4 Å². The lowest BCUT2D eigenvalue weighted by molar-refractivity contribution is 0.343. The summed E-state index contributed by atoms with van der Waals surface area (Å²) in [7, 11) is 0. The van der Waals surface area contributed by atoms with Crippen LogP contribution in [0.1, 0.15) is 56.2 Å². The van der Waals surface area contributed by atoms with Crippen molar-refractivity contribution in [2.24, 2.45) is 0 Å². The molecule has 0 atom stereocenters. The Balaban J connectivity index is 1.52. The Kier molecular flexibility index (Phi) is 5.34. The minimum Gasteiger partial charge on any atom is -0.320 e. The van der Waals surface area contributed by atoms with Crippen LogP contribution in [0.25, 0.3) is 11.0 Å². The first kappa shape index (κ1) is 20.0. The van der Waals surface area contributed by atoms with Crippen LogP contribution in [-0.4, -0.2) is 37.4 Å². The van der Waals surface area contributed by atoms with E-state index in [9.17, 15) is 10.1 Å². The summed E-state index contributed by atoms with van der Waals surface area (Å²) in [4.78, 5) is 21.9. The van der Waals surface area contributed by atoms with Gasteiger partial charge in [0.05, 0.1) is 17.9 Å². The molecule has 0 unspecified atom stereocenters. The monoisotopic (exact) mass is 438 g/mol. The summed E-state index contributed by atoms with van der Waals surface area (Å²) >= 11 is 6.60. The second-order valence-corrected chi connectivity index (χ2v) is 8.51. The van der Waals surface area contributed by atoms with E-state index in [2.05, 4.69) is 25.7 Å². The van der Waals surface area contributed by atoms with Crippen molar-refractivity contribution >= 4 is 34.3 Å². The van der Waals surface area contributed by atoms with Crippen molar-refractivity contribution in [1.82, 2.24) is 29.6 Å². The standard InChI is InChI=1S/C21H23ClN8O/c22-18-17(12-26-30(18)16-5-7-24-8-6-16)27-21-25-11-14-9-13(10-23)20(31)29(19(14)28-21)15-3-1-2-4-15/h9,11-12,15-16,24H,1-8H2,(H,25,27,28). The molecular weight excluding hydrogens is 416 g/mol. The molecule has 3 aromatic rings. The van der Waals surface area contributed by atoms with Crippen LogP contribution >= 0.6 is 11.6 Å². The number of fused-ring (bicyclic) bond motifs is 1. The Labute approximate surface area is 184 Å². The third-order valence-corrected chi connectivity index (χ3v) is 6.60. The van der Waals surface area contributed by atoms with Crippen LogP contribution in [0.4, 0.5) is 11.6 Å². The van der Waals surface area contributed by atoms with Gasteiger partial charge in [-0.2, -0.15) is 15.3 Å². The van der Waals surface area contributed by atoms with E-state index in [0.717, 1.165) is 51.6 Å². The van der Waals surface area contributed by atoms with Crippen LogP contribution < -0.4 is 16.2 Å². The van der Waals surface area contributed by atoms with Crippen molar-refractivity contribution in [2.45, 2.75) is 50.6 Å². The van der Waals surface area contributed by atoms with Crippen molar-refractivity contribution in [3.05, 3.63) is 39.5 Å². The normalized spacial score (nSPS) is 17.8. The van der Waals surface area contributed by atoms with E-state index < -0.39 is 0 Å². The van der Waals surface area contributed by atoms with Gasteiger partial charge in [0.2, 0.25) is 5.95 Å². The summed E-state index contributed by atoms with van der Waals surface area (Å²) in [6.07, 6.45) is 9.22. The lowest BCUT2D eigenvalue weighted by Crippen LogP contribution is -2.29. The fourth-order valence-corrected chi connectivity index (χ4v) is 4.90. The van der Waals surface area contributed by atoms with E-state index in [4.69, 9.17) is 11.6 Å². The minimum absolute atomic E-state index is 0.0531. The number of rotatable bonds is 4. The number of nitriles is 1. The predicted molar refractivity (Wildman–Crippen MR) is 118 cm³/mol. The van der Waals surface area contributed by atoms with Crippen LogP contribution in [0.5, 0.6) is 0 Å². The van der Waals surface area contributed by atoms with Gasteiger partial charge in [0.15, 0.2) is 5.15 Å². The zero-order valence-electron chi connectivity index (χ0n) is 17.0. The zero-order chi connectivity index (χ0) is 21.4. The van der Waals surface area contributed by atoms with Gasteiger partial charge in [0.25, 0.3) is 5.56 Å². The fourth-order valence-electron chi connectivity index (χ4n) is 4.62. The average molecular weight is 439 g/mol. The number of aromatic nitrogens is 5. The maximum absolute atomic E-state index is 12.9. The van der Waals surface area contributed by atoms with Gasteiger partial charge in [-0.15, -0.1) is 0 Å². The highest BCUT2D eigenvalue weighted by Crippen LogP contribution is 2.32. The molecule has 1 saturated heterocycles. The van der Waals surface area contributed by atoms with Gasteiger partial charge in [-0.3, -0.25) is 9.36 Å². The molecule has 1 aliphatic heterocycles. The Hall–Kier alpha value is -2.96. The molecule has 1 saturated carbocycles. The third kappa shape index (κ3) is 3.66.